The van der Waals surface area contributed by atoms with E-state index in [1.165, 1.54) is 5.56 Å². The molecule has 0 aliphatic heterocycles. The number of aryl methyl sites for hydroxylation is 1. The minimum atomic E-state index is -0.946. The van der Waals surface area contributed by atoms with E-state index < -0.39 is 17.7 Å². The number of ether oxygens (including phenoxy) is 1. The Hall–Kier alpha value is -3.69. The fraction of sp³-hybridized carbons (Fsp3) is 0.581. The fourth-order valence-corrected chi connectivity index (χ4v) is 4.22. The number of nitrogens with one attached hydrogen (secondary N) is 1. The first-order valence-corrected chi connectivity index (χ1v) is 14.4. The Bertz CT molecular complexity index is 1120. The summed E-state index contributed by atoms with van der Waals surface area (Å²) >= 11 is 0. The Morgan fingerprint density at radius 3 is 2.37 bits per heavy atom. The Morgan fingerprint density at radius 2 is 1.73 bits per heavy atom. The van der Waals surface area contributed by atoms with Gasteiger partial charge in [-0.15, -0.1) is 0 Å². The third-order valence-corrected chi connectivity index (χ3v) is 6.23. The molecular formula is C31H47N5O5. The van der Waals surface area contributed by atoms with E-state index in [0.29, 0.717) is 43.3 Å². The first-order chi connectivity index (χ1) is 19.4. The van der Waals surface area contributed by atoms with Crippen molar-refractivity contribution < 1.29 is 24.2 Å². The largest absolute Gasteiger partial charge is 0.481 e. The van der Waals surface area contributed by atoms with Crippen LogP contribution in [0.25, 0.3) is 0 Å². The lowest BCUT2D eigenvalue weighted by atomic mass is 10.1. The van der Waals surface area contributed by atoms with E-state index in [4.69, 9.17) is 9.72 Å². The smallest absolute Gasteiger partial charge is 0.407 e. The summed E-state index contributed by atoms with van der Waals surface area (Å²) in [6.45, 7) is 11.2. The van der Waals surface area contributed by atoms with Gasteiger partial charge in [-0.3, -0.25) is 9.59 Å². The second-order valence-corrected chi connectivity index (χ2v) is 11.7. The van der Waals surface area contributed by atoms with E-state index in [0.717, 1.165) is 25.7 Å². The molecule has 2 amide bonds. The summed E-state index contributed by atoms with van der Waals surface area (Å²) in [7, 11) is 1.93. The topological polar surface area (TPSA) is 125 Å². The van der Waals surface area contributed by atoms with Crippen molar-refractivity contribution in [2.45, 2.75) is 78.7 Å². The summed E-state index contributed by atoms with van der Waals surface area (Å²) in [6, 6.07) is 10.2. The van der Waals surface area contributed by atoms with Crippen molar-refractivity contribution in [3.8, 4) is 0 Å². The molecule has 2 rings (SSSR count). The van der Waals surface area contributed by atoms with Crippen molar-refractivity contribution in [3.63, 3.8) is 0 Å². The number of unbranched alkanes of at least 4 members (excludes halogenated alkanes) is 2. The van der Waals surface area contributed by atoms with Crippen molar-refractivity contribution in [3.05, 3.63) is 53.3 Å². The number of amides is 2. The molecular weight excluding hydrogens is 522 g/mol. The number of hydrogen-bond acceptors (Lipinski definition) is 7. The minimum Gasteiger partial charge on any atom is -0.481 e. The van der Waals surface area contributed by atoms with E-state index in [1.807, 2.05) is 64.8 Å². The first kappa shape index (κ1) is 33.5. The zero-order valence-electron chi connectivity index (χ0n) is 25.5. The molecule has 41 heavy (non-hydrogen) atoms. The van der Waals surface area contributed by atoms with Crippen LogP contribution in [-0.2, 0) is 22.4 Å². The monoisotopic (exact) mass is 569 g/mol. The number of benzene rings is 1. The summed E-state index contributed by atoms with van der Waals surface area (Å²) < 4.78 is 5.27. The van der Waals surface area contributed by atoms with Crippen molar-refractivity contribution in [2.24, 2.45) is 5.92 Å². The molecule has 0 saturated carbocycles. The highest BCUT2D eigenvalue weighted by molar-refractivity contribution is 5.95. The molecule has 0 saturated heterocycles. The molecule has 0 aliphatic rings. The summed E-state index contributed by atoms with van der Waals surface area (Å²) in [5.41, 5.74) is 1.73. The highest BCUT2D eigenvalue weighted by Crippen LogP contribution is 2.18. The molecule has 0 atom stereocenters. The normalized spacial score (nSPS) is 11.3. The molecule has 0 spiro atoms. The molecule has 2 aromatic rings. The molecule has 1 aromatic carbocycles. The number of anilines is 1. The molecule has 10 nitrogen and oxygen atoms in total. The van der Waals surface area contributed by atoms with E-state index in [1.54, 1.807) is 11.1 Å². The average Bonchev–Trinajstić information content (AvgIpc) is 2.90. The van der Waals surface area contributed by atoms with Gasteiger partial charge in [0.15, 0.2) is 0 Å². The molecule has 2 N–H and O–H groups in total. The van der Waals surface area contributed by atoms with Crippen LogP contribution in [-0.4, -0.2) is 76.8 Å². The van der Waals surface area contributed by atoms with E-state index >= 15 is 0 Å². The molecule has 226 valence electrons. The Labute approximate surface area is 244 Å². The Balaban J connectivity index is 2.13. The van der Waals surface area contributed by atoms with Gasteiger partial charge in [0, 0.05) is 39.4 Å². The van der Waals surface area contributed by atoms with Crippen molar-refractivity contribution in [1.82, 2.24) is 20.2 Å². The van der Waals surface area contributed by atoms with Crippen LogP contribution in [0.3, 0.4) is 0 Å². The zero-order chi connectivity index (χ0) is 30.4. The van der Waals surface area contributed by atoms with Crippen molar-refractivity contribution in [2.75, 3.05) is 38.1 Å². The van der Waals surface area contributed by atoms with Gasteiger partial charge < -0.3 is 25.0 Å². The van der Waals surface area contributed by atoms with E-state index in [9.17, 15) is 19.5 Å². The summed E-state index contributed by atoms with van der Waals surface area (Å²) in [5.74, 6) is -0.476. The number of aliphatic carboxylic acids is 1. The molecule has 0 bridgehead atoms. The van der Waals surface area contributed by atoms with Crippen LogP contribution in [0.5, 0.6) is 0 Å². The quantitative estimate of drug-likeness (QED) is 0.272. The van der Waals surface area contributed by atoms with E-state index in [-0.39, 0.29) is 24.8 Å². The van der Waals surface area contributed by atoms with Crippen LogP contribution >= 0.6 is 0 Å². The van der Waals surface area contributed by atoms with Gasteiger partial charge in [0.2, 0.25) is 5.95 Å². The number of alkyl carbamates (subject to hydrolysis) is 1. The van der Waals surface area contributed by atoms with Crippen LogP contribution < -0.4 is 10.2 Å². The van der Waals surface area contributed by atoms with Gasteiger partial charge in [-0.1, -0.05) is 50.6 Å². The highest BCUT2D eigenvalue weighted by Gasteiger charge is 2.23. The lowest BCUT2D eigenvalue weighted by Crippen LogP contribution is -2.37. The molecule has 10 heteroatoms. The number of hydrogen-bond donors (Lipinski definition) is 2. The van der Waals surface area contributed by atoms with E-state index in [2.05, 4.69) is 22.4 Å². The summed E-state index contributed by atoms with van der Waals surface area (Å²) in [6.07, 6.45) is 4.76. The molecule has 0 radical (unpaired) electrons. The Morgan fingerprint density at radius 1 is 1.02 bits per heavy atom. The van der Waals surface area contributed by atoms with Crippen molar-refractivity contribution >= 4 is 23.9 Å². The summed E-state index contributed by atoms with van der Waals surface area (Å²) in [4.78, 5) is 49.6. The number of carbonyl (C=O) groups excluding carboxylic acids is 2. The number of carbonyl (C=O) groups is 3. The van der Waals surface area contributed by atoms with Crippen molar-refractivity contribution in [1.29, 1.82) is 0 Å². The number of nitrogens with zero attached hydrogens (tertiary/aromatic N) is 4. The van der Waals surface area contributed by atoms with Gasteiger partial charge in [0.25, 0.3) is 5.91 Å². The van der Waals surface area contributed by atoms with Gasteiger partial charge in [0.1, 0.15) is 5.60 Å². The number of likely N-dealkylation sites (N-methyl/N-ethyl adjacent to an activating group) is 1. The third kappa shape index (κ3) is 13.0. The molecule has 1 heterocycles. The lowest BCUT2D eigenvalue weighted by Gasteiger charge is -2.25. The molecule has 0 aliphatic carbocycles. The van der Waals surface area contributed by atoms with Crippen LogP contribution in [0.15, 0.2) is 36.5 Å². The predicted octanol–water partition coefficient (Wildman–Crippen LogP) is 4.97. The number of rotatable bonds is 16. The first-order valence-electron chi connectivity index (χ1n) is 14.4. The fourth-order valence-electron chi connectivity index (χ4n) is 4.22. The maximum atomic E-state index is 13.6. The molecule has 0 unspecified atom stereocenters. The number of carboxylic acids is 1. The number of carboxylic acid groups (broad SMARTS) is 1. The highest BCUT2D eigenvalue weighted by atomic mass is 16.6. The average molecular weight is 570 g/mol. The van der Waals surface area contributed by atoms with Gasteiger partial charge in [-0.25, -0.2) is 14.8 Å². The van der Waals surface area contributed by atoms with Gasteiger partial charge in [-0.05, 0) is 57.9 Å². The predicted molar refractivity (Wildman–Crippen MR) is 160 cm³/mol. The minimum absolute atomic E-state index is 0.125. The lowest BCUT2D eigenvalue weighted by molar-refractivity contribution is -0.137. The number of aromatic nitrogens is 2. The standard InChI is InChI=1S/C31H47N5O5/c1-23(2)22-36(20-17-27(37)38)28(39)25-21-33-29(35(6)19-16-24-13-9-7-10-14-24)34-26(25)15-11-8-12-18-32-30(40)41-31(3,4)5/h7,9-10,13-14,21,23H,8,11-12,15-20,22H2,1-6H3,(H,32,40)(H,37,38). The maximum absolute atomic E-state index is 13.6. The van der Waals surface area contributed by atoms with Crippen LogP contribution in [0.1, 0.15) is 81.9 Å². The van der Waals surface area contributed by atoms with Gasteiger partial charge in [-0.2, -0.15) is 0 Å². The molecule has 1 aromatic heterocycles. The maximum Gasteiger partial charge on any atom is 0.407 e. The van der Waals surface area contributed by atoms with Crippen LogP contribution in [0.4, 0.5) is 10.7 Å². The van der Waals surface area contributed by atoms with Gasteiger partial charge >= 0.3 is 12.1 Å². The van der Waals surface area contributed by atoms with Crippen LogP contribution in [0.2, 0.25) is 0 Å². The third-order valence-electron chi connectivity index (χ3n) is 6.23. The second-order valence-electron chi connectivity index (χ2n) is 11.7. The zero-order valence-corrected chi connectivity index (χ0v) is 25.5. The molecule has 0 fully saturated rings. The van der Waals surface area contributed by atoms with Crippen LogP contribution in [0, 0.1) is 5.92 Å². The Kier molecular flexibility index (Phi) is 13.5. The summed E-state index contributed by atoms with van der Waals surface area (Å²) in [5, 5.41) is 12.0. The van der Waals surface area contributed by atoms with Gasteiger partial charge in [0.05, 0.1) is 17.7 Å². The SMILES string of the molecule is CC(C)CN(CCC(=O)O)C(=O)c1cnc(N(C)CCc2ccccc2)nc1CCCCCNC(=O)OC(C)(C)C. The second kappa shape index (κ2) is 16.5.